The van der Waals surface area contributed by atoms with Crippen molar-refractivity contribution in [3.05, 3.63) is 11.6 Å². The lowest BCUT2D eigenvalue weighted by Gasteiger charge is -2.70. The number of ether oxygens (including phenoxy) is 6. The lowest BCUT2D eigenvalue weighted by molar-refractivity contribution is -0.376. The van der Waals surface area contributed by atoms with Crippen molar-refractivity contribution in [1.82, 2.24) is 0 Å². The summed E-state index contributed by atoms with van der Waals surface area (Å²) in [6.45, 7) is 38.2. The van der Waals surface area contributed by atoms with Gasteiger partial charge < -0.3 is 33.2 Å². The van der Waals surface area contributed by atoms with Crippen LogP contribution in [-0.4, -0.2) is 61.8 Å². The van der Waals surface area contributed by atoms with Gasteiger partial charge in [-0.15, -0.1) is 0 Å². The molecule has 0 radical (unpaired) electrons. The van der Waals surface area contributed by atoms with E-state index in [1.165, 1.54) is 19.1 Å². The molecule has 0 aromatic heterocycles. The minimum absolute atomic E-state index is 0.0604. The third-order valence-electron chi connectivity index (χ3n) is 22.1. The molecule has 62 heavy (non-hydrogen) atoms. The number of carbonyl (C=O) groups is 1. The molecule has 8 aliphatic rings. The molecular weight excluding hydrogens is 773 g/mol. The lowest BCUT2D eigenvalue weighted by Crippen LogP contribution is -2.64. The van der Waals surface area contributed by atoms with Crippen LogP contribution in [0.25, 0.3) is 0 Å². The van der Waals surface area contributed by atoms with Crippen molar-refractivity contribution in [3.8, 4) is 0 Å². The first-order chi connectivity index (χ1) is 29.1. The van der Waals surface area contributed by atoms with Crippen molar-refractivity contribution in [2.24, 2.45) is 92.2 Å². The summed E-state index contributed by atoms with van der Waals surface area (Å²) in [6.07, 6.45) is 14.6. The van der Waals surface area contributed by atoms with Crippen LogP contribution in [0, 0.1) is 92.2 Å². The molecule has 4 saturated carbocycles. The predicted octanol–water partition coefficient (Wildman–Crippen LogP) is 12.8. The third-order valence-corrected chi connectivity index (χ3v) is 22.1. The van der Waals surface area contributed by atoms with Crippen LogP contribution < -0.4 is 0 Å². The quantitative estimate of drug-likeness (QED) is 0.137. The molecule has 7 heteroatoms. The molecule has 11 unspecified atom stereocenters. The van der Waals surface area contributed by atoms with Crippen molar-refractivity contribution in [3.63, 3.8) is 0 Å². The Bertz CT molecular complexity index is 1640. The Morgan fingerprint density at radius 1 is 0.629 bits per heavy atom. The van der Waals surface area contributed by atoms with Gasteiger partial charge in [0.2, 0.25) is 0 Å². The van der Waals surface area contributed by atoms with Crippen LogP contribution >= 0.6 is 0 Å². The Balaban J connectivity index is 1.06. The number of rotatable bonds is 8. The van der Waals surface area contributed by atoms with Crippen molar-refractivity contribution >= 4 is 6.29 Å². The number of hydrogen-bond acceptors (Lipinski definition) is 7. The minimum atomic E-state index is -0.575. The predicted molar refractivity (Wildman–Crippen MR) is 247 cm³/mol. The van der Waals surface area contributed by atoms with E-state index in [9.17, 15) is 4.79 Å². The molecular formula is C55H92O7. The Labute approximate surface area is 379 Å². The van der Waals surface area contributed by atoms with Gasteiger partial charge in [-0.2, -0.15) is 0 Å². The highest BCUT2D eigenvalue weighted by atomic mass is 16.8. The average Bonchev–Trinajstić information content (AvgIpc) is 3.23. The zero-order chi connectivity index (χ0) is 45.1. The number of fused-ring (bicyclic) bond motifs is 7. The first-order valence-electron chi connectivity index (χ1n) is 26.2. The monoisotopic (exact) mass is 865 g/mol. The molecule has 0 amide bonds. The summed E-state index contributed by atoms with van der Waals surface area (Å²) >= 11 is 0. The number of aldehydes is 1. The topological polar surface area (TPSA) is 72.5 Å². The molecule has 7 fully saturated rings. The van der Waals surface area contributed by atoms with Crippen molar-refractivity contribution in [2.75, 3.05) is 0 Å². The summed E-state index contributed by atoms with van der Waals surface area (Å²) in [4.78, 5) is 13.0. The van der Waals surface area contributed by atoms with Gasteiger partial charge in [-0.25, -0.2) is 0 Å². The maximum Gasteiger partial charge on any atom is 0.187 e. The van der Waals surface area contributed by atoms with E-state index in [0.717, 1.165) is 57.8 Å². The van der Waals surface area contributed by atoms with E-state index in [1.54, 1.807) is 5.57 Å². The number of allylic oxidation sites excluding steroid dienone is 2. The van der Waals surface area contributed by atoms with E-state index in [2.05, 4.69) is 117 Å². The normalized spacial score (nSPS) is 56.4. The molecule has 0 N–H and O–H groups in total. The van der Waals surface area contributed by atoms with Crippen LogP contribution in [0.4, 0.5) is 0 Å². The molecule has 8 rings (SSSR count). The zero-order valence-corrected chi connectivity index (χ0v) is 42.3. The SMILES string of the molecule is CCC1O[C@@H](OC2[C@H](O[C@H]3CCC4(C)C5CC=C6C7CC(C)(C)CC[C@]7(C=O)CC[C@@]6(C)C5(C)CC[C@H]4C3C)OC(C)[C@@H](C)[C@@H]2O[C@@H]2O[C@@H](C)[C@H](C)C(C)C2C)C(C)[C@@H](C)[C@H]1C. The van der Waals surface area contributed by atoms with Gasteiger partial charge in [-0.1, -0.05) is 109 Å². The summed E-state index contributed by atoms with van der Waals surface area (Å²) in [5.74, 6) is 4.33. The van der Waals surface area contributed by atoms with Gasteiger partial charge in [0, 0.05) is 23.2 Å². The first-order valence-corrected chi connectivity index (χ1v) is 26.2. The second kappa shape index (κ2) is 17.0. The van der Waals surface area contributed by atoms with E-state index < -0.39 is 12.4 Å². The highest BCUT2D eigenvalue weighted by molar-refractivity contribution is 5.63. The van der Waals surface area contributed by atoms with Crippen LogP contribution in [0.15, 0.2) is 11.6 Å². The molecule has 24 atom stereocenters. The standard InChI is InChI=1S/C55H92O7/c1-17-43-33(5)31(3)35(7)49(59-43)62-47-46(61-48-34(6)30(2)32(4)38(10)57-48)36(8)39(11)58-50(47)60-44-21-22-52(14)40(37(44)9)20-23-54(16)45(52)19-18-41-42-28-51(12,13)24-26-55(42,29-56)27-25-53(41,54)15/h18,29-40,42-50H,17,19-28H2,1-16H3/t30?,31-,32+,33+,34?,35?,36+,37?,38-,39?,40-,42?,43?,44-,45?,46-,47?,48-,49-,50-,52?,53+,54?,55+/m0/s1. The highest BCUT2D eigenvalue weighted by Gasteiger charge is 2.67. The van der Waals surface area contributed by atoms with E-state index in [4.69, 9.17) is 28.4 Å². The second-order valence-corrected chi connectivity index (χ2v) is 25.3. The van der Waals surface area contributed by atoms with E-state index in [0.29, 0.717) is 47.3 Å². The van der Waals surface area contributed by atoms with Crippen LogP contribution in [0.5, 0.6) is 0 Å². The van der Waals surface area contributed by atoms with Crippen LogP contribution in [0.3, 0.4) is 0 Å². The molecule has 3 heterocycles. The summed E-state index contributed by atoms with van der Waals surface area (Å²) in [5, 5.41) is 0. The smallest absolute Gasteiger partial charge is 0.187 e. The Hall–Kier alpha value is -0.830. The zero-order valence-electron chi connectivity index (χ0n) is 42.3. The minimum Gasteiger partial charge on any atom is -0.349 e. The molecule has 3 aliphatic heterocycles. The van der Waals surface area contributed by atoms with Gasteiger partial charge >= 0.3 is 0 Å². The van der Waals surface area contributed by atoms with Crippen LogP contribution in [0.1, 0.15) is 181 Å². The lowest BCUT2D eigenvalue weighted by atomic mass is 9.34. The Morgan fingerprint density at radius 3 is 1.92 bits per heavy atom. The Kier molecular flexibility index (Phi) is 13.1. The van der Waals surface area contributed by atoms with Crippen molar-refractivity contribution < 1.29 is 33.2 Å². The fourth-order valence-corrected chi connectivity index (χ4v) is 16.2. The van der Waals surface area contributed by atoms with Crippen LogP contribution in [-0.2, 0) is 33.2 Å². The third kappa shape index (κ3) is 7.52. The fraction of sp³-hybridized carbons (Fsp3) is 0.945. The summed E-state index contributed by atoms with van der Waals surface area (Å²) in [7, 11) is 0. The largest absolute Gasteiger partial charge is 0.349 e. The maximum absolute atomic E-state index is 13.0. The van der Waals surface area contributed by atoms with Gasteiger partial charge in [0.15, 0.2) is 18.9 Å². The summed E-state index contributed by atoms with van der Waals surface area (Å²) in [6, 6.07) is 0. The number of hydrogen-bond donors (Lipinski definition) is 0. The summed E-state index contributed by atoms with van der Waals surface area (Å²) < 4.78 is 42.6. The fourth-order valence-electron chi connectivity index (χ4n) is 16.2. The maximum atomic E-state index is 13.0. The summed E-state index contributed by atoms with van der Waals surface area (Å²) in [5.41, 5.74) is 2.33. The van der Waals surface area contributed by atoms with Gasteiger partial charge in [0.1, 0.15) is 12.4 Å². The van der Waals surface area contributed by atoms with Crippen molar-refractivity contribution in [1.29, 1.82) is 0 Å². The molecule has 0 aromatic carbocycles. The average molecular weight is 865 g/mol. The Morgan fingerprint density at radius 2 is 1.24 bits per heavy atom. The molecule has 0 spiro atoms. The van der Waals surface area contributed by atoms with E-state index >= 15 is 0 Å². The van der Waals surface area contributed by atoms with Gasteiger partial charge in [-0.3, -0.25) is 0 Å². The molecule has 5 aliphatic carbocycles. The molecule has 354 valence electrons. The molecule has 0 bridgehead atoms. The number of carbonyl (C=O) groups excluding carboxylic acids is 1. The first kappa shape index (κ1) is 47.7. The van der Waals surface area contributed by atoms with Gasteiger partial charge in [0.05, 0.1) is 30.5 Å². The van der Waals surface area contributed by atoms with Gasteiger partial charge in [0.25, 0.3) is 0 Å². The molecule has 3 saturated heterocycles. The highest BCUT2D eigenvalue weighted by Crippen LogP contribution is 2.74. The van der Waals surface area contributed by atoms with E-state index in [1.807, 2.05) is 0 Å². The molecule has 0 aromatic rings. The second-order valence-electron chi connectivity index (χ2n) is 25.3. The van der Waals surface area contributed by atoms with Crippen LogP contribution in [0.2, 0.25) is 0 Å². The van der Waals surface area contributed by atoms with Gasteiger partial charge in [-0.05, 0) is 153 Å². The van der Waals surface area contributed by atoms with Crippen molar-refractivity contribution in [2.45, 2.75) is 237 Å². The van der Waals surface area contributed by atoms with E-state index in [-0.39, 0.29) is 87.9 Å². The molecule has 7 nitrogen and oxygen atoms in total.